The molecule has 0 bridgehead atoms. The van der Waals surface area contributed by atoms with Crippen molar-refractivity contribution >= 4 is 47.6 Å². The van der Waals surface area contributed by atoms with Crippen LogP contribution in [-0.4, -0.2) is 67.3 Å². The first-order valence-corrected chi connectivity index (χ1v) is 15.1. The Balaban J connectivity index is 0.000000692. The van der Waals surface area contributed by atoms with E-state index in [1.54, 1.807) is 26.4 Å². The number of hydrogen-bond acceptors (Lipinski definition) is 4. The number of methoxy groups -OCH3 is 2. The molecule has 5 nitrogen and oxygen atoms in total. The number of aromatic nitrogens is 1. The molecule has 7 radical (unpaired) electrons. The summed E-state index contributed by atoms with van der Waals surface area (Å²) in [7, 11) is 19.1. The van der Waals surface area contributed by atoms with Gasteiger partial charge in [0.1, 0.15) is 24.0 Å². The topological polar surface area (TPSA) is 46.7 Å². The van der Waals surface area contributed by atoms with Crippen LogP contribution in [0.25, 0.3) is 10.9 Å². The molecule has 1 aromatic heterocycles. The number of ether oxygens (including phenoxy) is 3. The Bertz CT molecular complexity index is 1820. The zero-order chi connectivity index (χ0) is 32.4. The monoisotopic (exact) mass is 607 g/mol. The normalized spacial score (nSPS) is 16.7. The highest BCUT2D eigenvalue weighted by molar-refractivity contribution is 7.60. The average molecular weight is 607 g/mol. The molecule has 0 saturated heterocycles. The van der Waals surface area contributed by atoms with E-state index in [1.165, 1.54) is 48.0 Å². The Hall–Kier alpha value is -4.04. The fourth-order valence-corrected chi connectivity index (χ4v) is 6.47. The SMILES string of the molecule is COc1ccc2[nH]c3c(c2c1)CC1c2cc(OCc4ccc(F)cc4)c(OC)cc2CCN1C3c1ccc(F)cc1.[B][B]B([B])[B]. The maximum absolute atomic E-state index is 14.0. The molecule has 3 heterocycles. The Morgan fingerprint density at radius 1 is 0.913 bits per heavy atom. The van der Waals surface area contributed by atoms with Crippen LogP contribution in [0.15, 0.2) is 78.9 Å². The van der Waals surface area contributed by atoms with E-state index < -0.39 is 6.39 Å². The second-order valence-corrected chi connectivity index (χ2v) is 11.5. The van der Waals surface area contributed by atoms with E-state index in [9.17, 15) is 8.78 Å². The Morgan fingerprint density at radius 2 is 1.61 bits per heavy atom. The first-order chi connectivity index (χ1) is 22.3. The number of benzene rings is 4. The number of hydrogen-bond donors (Lipinski definition) is 1. The molecule has 0 fully saturated rings. The van der Waals surface area contributed by atoms with Crippen molar-refractivity contribution in [3.05, 3.63) is 124 Å². The van der Waals surface area contributed by atoms with E-state index in [2.05, 4.69) is 34.1 Å². The van der Waals surface area contributed by atoms with Crippen LogP contribution in [0, 0.1) is 11.6 Å². The van der Waals surface area contributed by atoms with Gasteiger partial charge in [-0.3, -0.25) is 4.90 Å². The number of nitrogens with zero attached hydrogens (tertiary/aromatic N) is 1. The zero-order valence-corrected chi connectivity index (χ0v) is 25.8. The van der Waals surface area contributed by atoms with Gasteiger partial charge in [-0.2, -0.15) is 0 Å². The molecule has 4 aromatic carbocycles. The molecule has 223 valence electrons. The summed E-state index contributed by atoms with van der Waals surface area (Å²) < 4.78 is 44.9. The Kier molecular flexibility index (Phi) is 9.55. The number of aromatic amines is 1. The lowest BCUT2D eigenvalue weighted by atomic mass is 8.97. The van der Waals surface area contributed by atoms with Crippen LogP contribution in [-0.2, 0) is 19.4 Å². The standard InChI is InChI=1S/C34H30F2N2O3.B5/c1-39-25-11-12-29-27(16-25)28-17-30-26-18-32(41-19-20-3-7-23(35)8-4-20)31(40-2)15-22(26)13-14-38(30)34(33(28)37-29)21-5-9-24(36)10-6-21;1-4-5(2)3/h3-12,15-16,18,30,34,37H,13-14,17,19H2,1-2H3;. The van der Waals surface area contributed by atoms with Gasteiger partial charge in [0.2, 0.25) is 0 Å². The molecule has 7 rings (SSSR count). The Labute approximate surface area is 273 Å². The van der Waals surface area contributed by atoms with Gasteiger partial charge in [-0.25, -0.2) is 8.78 Å². The summed E-state index contributed by atoms with van der Waals surface area (Å²) >= 11 is 0. The van der Waals surface area contributed by atoms with Crippen LogP contribution in [0.5, 0.6) is 17.2 Å². The highest BCUT2D eigenvalue weighted by atomic mass is 19.1. The van der Waals surface area contributed by atoms with Crippen LogP contribution in [0.3, 0.4) is 0 Å². The molecular weight excluding hydrogens is 576 g/mol. The summed E-state index contributed by atoms with van der Waals surface area (Å²) in [5.41, 5.74) is 7.78. The van der Waals surface area contributed by atoms with Crippen LogP contribution in [0.1, 0.15) is 45.6 Å². The van der Waals surface area contributed by atoms with Gasteiger partial charge in [0.25, 0.3) is 0 Å². The molecule has 0 saturated carbocycles. The van der Waals surface area contributed by atoms with Gasteiger partial charge < -0.3 is 19.2 Å². The van der Waals surface area contributed by atoms with E-state index in [-0.39, 0.29) is 23.7 Å². The quantitative estimate of drug-likeness (QED) is 0.253. The summed E-state index contributed by atoms with van der Waals surface area (Å²) in [6, 6.07) is 23.5. The molecular formula is C34H30B5F2N2O3. The number of fused-ring (bicyclic) bond motifs is 6. The van der Waals surface area contributed by atoms with Crippen molar-refractivity contribution in [2.24, 2.45) is 0 Å². The van der Waals surface area contributed by atoms with Gasteiger partial charge in [-0.15, -0.1) is 0 Å². The van der Waals surface area contributed by atoms with Crippen molar-refractivity contribution in [1.82, 2.24) is 9.88 Å². The van der Waals surface area contributed by atoms with Crippen molar-refractivity contribution in [3.63, 3.8) is 0 Å². The molecule has 2 atom stereocenters. The van der Waals surface area contributed by atoms with Crippen LogP contribution in [0.4, 0.5) is 8.78 Å². The molecule has 2 aliphatic heterocycles. The zero-order valence-electron chi connectivity index (χ0n) is 25.8. The van der Waals surface area contributed by atoms with E-state index in [0.29, 0.717) is 18.1 Å². The van der Waals surface area contributed by atoms with Crippen molar-refractivity contribution in [2.45, 2.75) is 31.5 Å². The van der Waals surface area contributed by atoms with Crippen molar-refractivity contribution in [3.8, 4) is 17.2 Å². The molecule has 0 aliphatic carbocycles. The lowest BCUT2D eigenvalue weighted by molar-refractivity contribution is 0.127. The summed E-state index contributed by atoms with van der Waals surface area (Å²) in [6.45, 7) is 1.14. The molecule has 0 amide bonds. The molecule has 0 spiro atoms. The molecule has 2 unspecified atom stereocenters. The minimum absolute atomic E-state index is 0.0680. The highest BCUT2D eigenvalue weighted by Gasteiger charge is 2.41. The lowest BCUT2D eigenvalue weighted by Crippen LogP contribution is -2.43. The summed E-state index contributed by atoms with van der Waals surface area (Å²) in [5.74, 6) is 1.62. The van der Waals surface area contributed by atoms with E-state index in [0.717, 1.165) is 52.9 Å². The first-order valence-electron chi connectivity index (χ1n) is 15.1. The van der Waals surface area contributed by atoms with Crippen molar-refractivity contribution < 1.29 is 23.0 Å². The first kappa shape index (κ1) is 31.9. The molecule has 46 heavy (non-hydrogen) atoms. The average Bonchev–Trinajstić information content (AvgIpc) is 3.44. The number of nitrogens with one attached hydrogen (secondary N) is 1. The third-order valence-electron chi connectivity index (χ3n) is 8.69. The largest absolute Gasteiger partial charge is 0.497 e. The van der Waals surface area contributed by atoms with Gasteiger partial charge in [0, 0.05) is 65.8 Å². The van der Waals surface area contributed by atoms with E-state index in [4.69, 9.17) is 37.4 Å². The van der Waals surface area contributed by atoms with Crippen LogP contribution >= 0.6 is 0 Å². The fraction of sp³-hybridized carbons (Fsp3) is 0.235. The number of H-pyrrole nitrogens is 1. The van der Waals surface area contributed by atoms with Gasteiger partial charge in [-0.05, 0) is 95.3 Å². The molecule has 5 aromatic rings. The van der Waals surface area contributed by atoms with Crippen LogP contribution in [0.2, 0.25) is 0 Å². The second-order valence-electron chi connectivity index (χ2n) is 11.5. The van der Waals surface area contributed by atoms with Crippen molar-refractivity contribution in [2.75, 3.05) is 20.8 Å². The maximum Gasteiger partial charge on any atom is 0.162 e. The second kappa shape index (κ2) is 13.8. The summed E-state index contributed by atoms with van der Waals surface area (Å²) in [6.07, 6.45) is 1.19. The minimum atomic E-state index is -0.463. The third kappa shape index (κ3) is 6.45. The summed E-state index contributed by atoms with van der Waals surface area (Å²) in [5, 5.41) is 1.14. The predicted octanol–water partition coefficient (Wildman–Crippen LogP) is 5.38. The molecule has 2 aliphatic rings. The molecule has 1 N–H and O–H groups in total. The van der Waals surface area contributed by atoms with Gasteiger partial charge in [0.15, 0.2) is 11.5 Å². The summed E-state index contributed by atoms with van der Waals surface area (Å²) in [4.78, 5) is 6.21. The van der Waals surface area contributed by atoms with Gasteiger partial charge in [-0.1, -0.05) is 24.3 Å². The Morgan fingerprint density at radius 3 is 2.26 bits per heavy atom. The fourth-order valence-electron chi connectivity index (χ4n) is 6.47. The highest BCUT2D eigenvalue weighted by Crippen LogP contribution is 2.50. The molecule has 12 heteroatoms. The van der Waals surface area contributed by atoms with Gasteiger partial charge >= 0.3 is 0 Å². The van der Waals surface area contributed by atoms with Crippen LogP contribution < -0.4 is 14.2 Å². The third-order valence-corrected chi connectivity index (χ3v) is 8.69. The predicted molar refractivity (Wildman–Crippen MR) is 182 cm³/mol. The smallest absolute Gasteiger partial charge is 0.162 e. The minimum Gasteiger partial charge on any atom is -0.497 e. The number of halogens is 2. The van der Waals surface area contributed by atoms with Crippen molar-refractivity contribution in [1.29, 1.82) is 0 Å². The van der Waals surface area contributed by atoms with E-state index >= 15 is 0 Å². The number of rotatable bonds is 7. The van der Waals surface area contributed by atoms with E-state index in [1.807, 2.05) is 18.2 Å². The maximum atomic E-state index is 14.0. The van der Waals surface area contributed by atoms with Gasteiger partial charge in [0.05, 0.1) is 20.3 Å². The lowest BCUT2D eigenvalue weighted by Gasteiger charge is -2.46.